The molecule has 48 heavy (non-hydrogen) atoms. The fourth-order valence-electron chi connectivity index (χ4n) is 8.31. The summed E-state index contributed by atoms with van der Waals surface area (Å²) >= 11 is 0. The summed E-state index contributed by atoms with van der Waals surface area (Å²) in [6.45, 7) is 9.58. The molecule has 0 amide bonds. The lowest BCUT2D eigenvalue weighted by atomic mass is 9.53. The third-order valence-electron chi connectivity index (χ3n) is 11.1. The highest BCUT2D eigenvalue weighted by atomic mass is 16.6. The van der Waals surface area contributed by atoms with Crippen LogP contribution >= 0.6 is 0 Å². The quantitative estimate of drug-likeness (QED) is 0.0600. The third-order valence-corrected chi connectivity index (χ3v) is 11.1. The van der Waals surface area contributed by atoms with Gasteiger partial charge in [0.1, 0.15) is 30.0 Å². The Balaban J connectivity index is 1.80. The Kier molecular flexibility index (Phi) is 11.5. The fraction of sp³-hybridized carbons (Fsp3) is 0.622. The number of fused-ring (bicyclic) bond motifs is 3. The van der Waals surface area contributed by atoms with Crippen LogP contribution in [0.2, 0.25) is 0 Å². The molecule has 11 heteroatoms. The van der Waals surface area contributed by atoms with E-state index in [-0.39, 0.29) is 24.0 Å². The molecule has 0 saturated heterocycles. The number of ether oxygens (including phenoxy) is 2. The van der Waals surface area contributed by atoms with Gasteiger partial charge in [-0.3, -0.25) is 0 Å². The molecule has 266 valence electrons. The van der Waals surface area contributed by atoms with E-state index in [9.17, 15) is 45.3 Å². The van der Waals surface area contributed by atoms with Gasteiger partial charge < -0.3 is 45.2 Å². The maximum Gasteiger partial charge on any atom is 0.338 e. The Morgan fingerprint density at radius 3 is 2.27 bits per heavy atom. The predicted octanol–water partition coefficient (Wildman–Crippen LogP) is 2.36. The first-order chi connectivity index (χ1) is 22.5. The second-order valence-corrected chi connectivity index (χ2v) is 14.2. The average Bonchev–Trinajstić information content (AvgIpc) is 3.28. The molecule has 0 radical (unpaired) electrons. The molecule has 3 aliphatic carbocycles. The molecule has 0 spiro atoms. The molecule has 0 heterocycles. The van der Waals surface area contributed by atoms with E-state index in [4.69, 9.17) is 9.47 Å². The number of esters is 2. The molecular weight excluding hydrogens is 620 g/mol. The van der Waals surface area contributed by atoms with Crippen LogP contribution in [0, 0.1) is 23.7 Å². The number of aliphatic hydroxyl groups excluding tert-OH is 3. The van der Waals surface area contributed by atoms with Gasteiger partial charge >= 0.3 is 11.9 Å². The van der Waals surface area contributed by atoms with E-state index in [1.54, 1.807) is 38.1 Å². The van der Waals surface area contributed by atoms with Gasteiger partial charge in [0.25, 0.3) is 0 Å². The summed E-state index contributed by atoms with van der Waals surface area (Å²) in [7, 11) is 0. The van der Waals surface area contributed by atoms with Crippen molar-refractivity contribution >= 4 is 11.9 Å². The second-order valence-electron chi connectivity index (χ2n) is 14.2. The number of hydrogen-bond donors (Lipinski definition) is 7. The number of carbonyl (C=O) groups is 2. The lowest BCUT2D eigenvalue weighted by Crippen LogP contribution is -2.72. The molecule has 0 bridgehead atoms. The van der Waals surface area contributed by atoms with Gasteiger partial charge in [-0.05, 0) is 62.1 Å². The van der Waals surface area contributed by atoms with Crippen molar-refractivity contribution in [3.8, 4) is 0 Å². The topological polar surface area (TPSA) is 194 Å². The lowest BCUT2D eigenvalue weighted by Gasteiger charge is -2.58. The van der Waals surface area contributed by atoms with Gasteiger partial charge in [0.15, 0.2) is 5.60 Å². The van der Waals surface area contributed by atoms with Crippen molar-refractivity contribution in [3.63, 3.8) is 0 Å². The van der Waals surface area contributed by atoms with Gasteiger partial charge in [-0.25, -0.2) is 9.59 Å². The highest BCUT2D eigenvalue weighted by Crippen LogP contribution is 2.62. The highest BCUT2D eigenvalue weighted by Gasteiger charge is 2.78. The molecule has 0 aromatic heterocycles. The van der Waals surface area contributed by atoms with E-state index in [0.29, 0.717) is 0 Å². The predicted molar refractivity (Wildman–Crippen MR) is 176 cm³/mol. The summed E-state index contributed by atoms with van der Waals surface area (Å²) in [4.78, 5) is 26.2. The number of hydrogen-bond acceptors (Lipinski definition) is 11. The van der Waals surface area contributed by atoms with Crippen molar-refractivity contribution in [2.24, 2.45) is 23.7 Å². The molecular formula is C37H52O11. The van der Waals surface area contributed by atoms with Crippen molar-refractivity contribution < 1.29 is 54.8 Å². The Morgan fingerprint density at radius 1 is 0.979 bits per heavy atom. The largest absolute Gasteiger partial charge is 0.459 e. The summed E-state index contributed by atoms with van der Waals surface area (Å²) in [5.74, 6) is -6.70. The summed E-state index contributed by atoms with van der Waals surface area (Å²) in [5.41, 5.74) is -9.62. The highest BCUT2D eigenvalue weighted by molar-refractivity contribution is 5.89. The smallest absolute Gasteiger partial charge is 0.338 e. The molecule has 0 aliphatic heterocycles. The first kappa shape index (κ1) is 37.9. The van der Waals surface area contributed by atoms with Gasteiger partial charge in [-0.2, -0.15) is 0 Å². The van der Waals surface area contributed by atoms with Crippen molar-refractivity contribution in [3.05, 3.63) is 72.4 Å². The van der Waals surface area contributed by atoms with Gasteiger partial charge in [0.05, 0.1) is 29.3 Å². The van der Waals surface area contributed by atoms with E-state index in [0.717, 1.165) is 31.8 Å². The molecule has 11 nitrogen and oxygen atoms in total. The third kappa shape index (κ3) is 6.42. The SMILES string of the molecule is C=C(C)C1(O)CC(C)C2(O)C(C1OC(=O)c1ccccc1)C(O)C(O)(COC(=O)C=CC=CCCCCC)C(O)C1(O)C(O)C(C)CC21. The fourth-order valence-corrected chi connectivity index (χ4v) is 8.31. The van der Waals surface area contributed by atoms with Gasteiger partial charge in [-0.15, -0.1) is 0 Å². The van der Waals surface area contributed by atoms with E-state index < -0.39 is 89.0 Å². The molecule has 3 aliphatic rings. The van der Waals surface area contributed by atoms with Gasteiger partial charge in [-0.1, -0.05) is 76.6 Å². The van der Waals surface area contributed by atoms with Crippen molar-refractivity contribution in [1.29, 1.82) is 0 Å². The first-order valence-corrected chi connectivity index (χ1v) is 16.9. The molecule has 3 saturated carbocycles. The molecule has 1 aromatic rings. The Labute approximate surface area is 282 Å². The maximum atomic E-state index is 13.5. The summed E-state index contributed by atoms with van der Waals surface area (Å²) in [6.07, 6.45) is 1.61. The van der Waals surface area contributed by atoms with Crippen LogP contribution in [0.15, 0.2) is 66.8 Å². The minimum absolute atomic E-state index is 0.0627. The van der Waals surface area contributed by atoms with E-state index >= 15 is 0 Å². The minimum atomic E-state index is -2.93. The van der Waals surface area contributed by atoms with Crippen LogP contribution in [0.5, 0.6) is 0 Å². The number of unbranched alkanes of at least 4 members (excludes halogenated alkanes) is 3. The normalized spacial score (nSPS) is 41.1. The molecule has 4 rings (SSSR count). The number of aliphatic hydroxyl groups is 7. The zero-order valence-electron chi connectivity index (χ0n) is 28.2. The molecule has 3 fully saturated rings. The van der Waals surface area contributed by atoms with Crippen LogP contribution in [-0.2, 0) is 14.3 Å². The van der Waals surface area contributed by atoms with Crippen LogP contribution in [0.1, 0.15) is 76.6 Å². The van der Waals surface area contributed by atoms with E-state index in [1.165, 1.54) is 25.1 Å². The number of allylic oxidation sites excluding steroid dienone is 3. The van der Waals surface area contributed by atoms with Crippen LogP contribution in [0.25, 0.3) is 0 Å². The number of rotatable bonds is 11. The van der Waals surface area contributed by atoms with Crippen LogP contribution in [0.4, 0.5) is 0 Å². The number of benzene rings is 1. The monoisotopic (exact) mass is 672 g/mol. The van der Waals surface area contributed by atoms with Crippen LogP contribution in [0.3, 0.4) is 0 Å². The summed E-state index contributed by atoms with van der Waals surface area (Å²) in [6, 6.07) is 7.84. The van der Waals surface area contributed by atoms with Gasteiger partial charge in [0, 0.05) is 12.0 Å². The molecule has 1 aromatic carbocycles. The van der Waals surface area contributed by atoms with E-state index in [1.807, 2.05) is 6.08 Å². The standard InChI is InChI=1S/C37H52O11/c1-6-7-8-9-10-11-15-18-27(38)47-21-35(44)30(40)28-31(48-32(41)25-16-13-12-14-17-25)34(43,22(2)3)20-24(5)36(28,45)26-19-23(4)29(39)37(26,46)33(35)42/h10-18,23-24,26,28-31,33,39-40,42-46H,2,6-9,19-21H2,1,3-5H3. The van der Waals surface area contributed by atoms with E-state index in [2.05, 4.69) is 13.5 Å². The Hall–Kier alpha value is -2.90. The second kappa shape index (κ2) is 14.5. The average molecular weight is 673 g/mol. The summed E-state index contributed by atoms with van der Waals surface area (Å²) in [5, 5.41) is 84.6. The molecule has 12 unspecified atom stereocenters. The van der Waals surface area contributed by atoms with Gasteiger partial charge in [0.2, 0.25) is 0 Å². The van der Waals surface area contributed by atoms with Crippen molar-refractivity contribution in [2.45, 2.75) is 113 Å². The lowest BCUT2D eigenvalue weighted by molar-refractivity contribution is -0.266. The van der Waals surface area contributed by atoms with Crippen molar-refractivity contribution in [1.82, 2.24) is 0 Å². The first-order valence-electron chi connectivity index (χ1n) is 16.9. The number of carbonyl (C=O) groups excluding carboxylic acids is 2. The maximum absolute atomic E-state index is 13.5. The molecule has 7 N–H and O–H groups in total. The zero-order chi connectivity index (χ0) is 35.7. The van der Waals surface area contributed by atoms with Crippen LogP contribution < -0.4 is 0 Å². The minimum Gasteiger partial charge on any atom is -0.459 e. The Bertz CT molecular complexity index is 1380. The zero-order valence-corrected chi connectivity index (χ0v) is 28.2. The Morgan fingerprint density at radius 2 is 1.65 bits per heavy atom. The van der Waals surface area contributed by atoms with Crippen LogP contribution in [-0.4, -0.2) is 101 Å². The van der Waals surface area contributed by atoms with Crippen molar-refractivity contribution in [2.75, 3.05) is 6.61 Å². The summed E-state index contributed by atoms with van der Waals surface area (Å²) < 4.78 is 11.2. The molecule has 12 atom stereocenters.